The first-order valence-electron chi connectivity index (χ1n) is 6.86. The number of nitrogens with one attached hydrogen (secondary N) is 2. The quantitative estimate of drug-likeness (QED) is 0.683. The van der Waals surface area contributed by atoms with Crippen molar-refractivity contribution in [2.24, 2.45) is 0 Å². The van der Waals surface area contributed by atoms with Gasteiger partial charge in [-0.2, -0.15) is 0 Å². The van der Waals surface area contributed by atoms with E-state index in [0.717, 1.165) is 30.0 Å². The maximum absolute atomic E-state index is 13.6. The Labute approximate surface area is 144 Å². The van der Waals surface area contributed by atoms with E-state index in [2.05, 4.69) is 20.3 Å². The number of amides is 1. The summed E-state index contributed by atoms with van der Waals surface area (Å²) in [4.78, 5) is 23.4. The molecule has 0 radical (unpaired) electrons. The molecule has 0 saturated heterocycles. The Morgan fingerprint density at radius 1 is 1.38 bits per heavy atom. The van der Waals surface area contributed by atoms with E-state index in [1.54, 1.807) is 13.0 Å². The number of carbonyl (C=O) groups excluding carboxylic acids is 1. The second kappa shape index (κ2) is 6.74. The van der Waals surface area contributed by atoms with Crippen molar-refractivity contribution in [1.29, 1.82) is 0 Å². The Bertz CT molecular complexity index is 918. The Kier molecular flexibility index (Phi) is 4.68. The van der Waals surface area contributed by atoms with E-state index >= 15 is 0 Å². The summed E-state index contributed by atoms with van der Waals surface area (Å²) in [7, 11) is 0. The number of aromatic nitrogens is 3. The topological polar surface area (TPSA) is 70.7 Å². The number of fused-ring (bicyclic) bond motifs is 1. The predicted octanol–water partition coefficient (Wildman–Crippen LogP) is 4.01. The number of thioether (sulfide) groups is 1. The van der Waals surface area contributed by atoms with Gasteiger partial charge in [0.2, 0.25) is 5.91 Å². The van der Waals surface area contributed by atoms with Gasteiger partial charge in [0, 0.05) is 12.3 Å². The Hall–Kier alpha value is -2.19. The molecule has 0 aliphatic rings. The molecule has 1 amide bonds. The maximum atomic E-state index is 13.6. The first-order chi connectivity index (χ1) is 11.4. The number of carbonyl (C=O) groups is 1. The monoisotopic (exact) mass is 368 g/mol. The minimum atomic E-state index is -0.704. The van der Waals surface area contributed by atoms with Gasteiger partial charge < -0.3 is 10.3 Å². The van der Waals surface area contributed by atoms with Crippen LogP contribution < -0.4 is 5.32 Å². The normalized spacial score (nSPS) is 12.3. The summed E-state index contributed by atoms with van der Waals surface area (Å²) in [5.41, 5.74) is 0.921. The Balaban J connectivity index is 1.72. The molecule has 2 N–H and O–H groups in total. The van der Waals surface area contributed by atoms with Crippen LogP contribution in [0.25, 0.3) is 11.2 Å². The Morgan fingerprint density at radius 3 is 2.96 bits per heavy atom. The molecule has 5 nitrogen and oxygen atoms in total. The zero-order valence-electron chi connectivity index (χ0n) is 12.3. The minimum absolute atomic E-state index is 0.203. The van der Waals surface area contributed by atoms with Crippen LogP contribution >= 0.6 is 23.4 Å². The predicted molar refractivity (Wildman–Crippen MR) is 89.2 cm³/mol. The summed E-state index contributed by atoms with van der Waals surface area (Å²) in [5.74, 6) is -1.81. The van der Waals surface area contributed by atoms with E-state index in [1.807, 2.05) is 0 Å². The average Bonchev–Trinajstić information content (AvgIpc) is 2.92. The summed E-state index contributed by atoms with van der Waals surface area (Å²) >= 11 is 6.99. The van der Waals surface area contributed by atoms with Gasteiger partial charge in [0.25, 0.3) is 0 Å². The molecule has 124 valence electrons. The fourth-order valence-electron chi connectivity index (χ4n) is 1.96. The van der Waals surface area contributed by atoms with Gasteiger partial charge in [0.05, 0.1) is 21.5 Å². The molecular weight excluding hydrogens is 358 g/mol. The highest BCUT2D eigenvalue weighted by molar-refractivity contribution is 8.00. The molecule has 0 saturated carbocycles. The van der Waals surface area contributed by atoms with E-state index in [0.29, 0.717) is 21.3 Å². The van der Waals surface area contributed by atoms with E-state index < -0.39 is 22.8 Å². The van der Waals surface area contributed by atoms with Crippen molar-refractivity contribution in [3.8, 4) is 0 Å². The van der Waals surface area contributed by atoms with Crippen LogP contribution in [0.2, 0.25) is 5.02 Å². The number of nitrogens with zero attached hydrogens (tertiary/aromatic N) is 2. The van der Waals surface area contributed by atoms with Crippen LogP contribution in [-0.2, 0) is 4.79 Å². The molecule has 1 atom stereocenters. The highest BCUT2D eigenvalue weighted by Crippen LogP contribution is 2.25. The molecule has 0 aliphatic carbocycles. The molecule has 0 aliphatic heterocycles. The zero-order chi connectivity index (χ0) is 17.3. The molecule has 0 spiro atoms. The van der Waals surface area contributed by atoms with Crippen LogP contribution in [0.5, 0.6) is 0 Å². The summed E-state index contributed by atoms with van der Waals surface area (Å²) in [6, 6.07) is 4.54. The van der Waals surface area contributed by atoms with Crippen molar-refractivity contribution in [3.05, 3.63) is 47.1 Å². The maximum Gasteiger partial charge on any atom is 0.237 e. The number of hydrogen-bond donors (Lipinski definition) is 2. The fourth-order valence-corrected chi connectivity index (χ4v) is 2.92. The number of halogens is 3. The van der Waals surface area contributed by atoms with Crippen LogP contribution in [0.3, 0.4) is 0 Å². The number of aromatic amines is 1. The van der Waals surface area contributed by atoms with E-state index in [4.69, 9.17) is 11.6 Å². The molecule has 1 aromatic carbocycles. The smallest absolute Gasteiger partial charge is 0.237 e. The zero-order valence-corrected chi connectivity index (χ0v) is 13.9. The largest absolute Gasteiger partial charge is 0.331 e. The van der Waals surface area contributed by atoms with Crippen LogP contribution in [0, 0.1) is 11.6 Å². The van der Waals surface area contributed by atoms with Crippen molar-refractivity contribution >= 4 is 46.1 Å². The number of H-pyrrole nitrogens is 1. The number of imidazole rings is 1. The lowest BCUT2D eigenvalue weighted by molar-refractivity contribution is -0.115. The Morgan fingerprint density at radius 2 is 2.17 bits per heavy atom. The lowest BCUT2D eigenvalue weighted by Crippen LogP contribution is -2.23. The number of anilines is 1. The fraction of sp³-hybridized carbons (Fsp3) is 0.133. The number of benzene rings is 1. The van der Waals surface area contributed by atoms with Gasteiger partial charge in [-0.05, 0) is 25.1 Å². The first kappa shape index (κ1) is 16.7. The van der Waals surface area contributed by atoms with Gasteiger partial charge in [0.15, 0.2) is 10.8 Å². The van der Waals surface area contributed by atoms with E-state index in [1.165, 1.54) is 6.20 Å². The third-order valence-electron chi connectivity index (χ3n) is 3.13. The second-order valence-electron chi connectivity index (χ2n) is 4.94. The molecule has 9 heteroatoms. The second-order valence-corrected chi connectivity index (χ2v) is 6.71. The molecule has 2 heterocycles. The lowest BCUT2D eigenvalue weighted by atomic mass is 10.3. The van der Waals surface area contributed by atoms with Gasteiger partial charge in [-0.1, -0.05) is 23.4 Å². The molecule has 3 aromatic rings. The number of hydrogen-bond acceptors (Lipinski definition) is 4. The average molecular weight is 369 g/mol. The molecule has 0 bridgehead atoms. The number of pyridine rings is 1. The third-order valence-corrected chi connectivity index (χ3v) is 4.32. The van der Waals surface area contributed by atoms with E-state index in [-0.39, 0.29) is 5.69 Å². The van der Waals surface area contributed by atoms with Crippen LogP contribution in [-0.4, -0.2) is 26.1 Å². The van der Waals surface area contributed by atoms with Crippen molar-refractivity contribution in [2.45, 2.75) is 17.3 Å². The molecule has 24 heavy (non-hydrogen) atoms. The van der Waals surface area contributed by atoms with Gasteiger partial charge in [-0.3, -0.25) is 4.79 Å². The van der Waals surface area contributed by atoms with Gasteiger partial charge >= 0.3 is 0 Å². The summed E-state index contributed by atoms with van der Waals surface area (Å²) in [6.45, 7) is 1.63. The van der Waals surface area contributed by atoms with Crippen LogP contribution in [0.1, 0.15) is 6.92 Å². The van der Waals surface area contributed by atoms with E-state index in [9.17, 15) is 13.6 Å². The summed E-state index contributed by atoms with van der Waals surface area (Å²) < 4.78 is 26.7. The first-order valence-corrected chi connectivity index (χ1v) is 8.12. The van der Waals surface area contributed by atoms with Gasteiger partial charge in [0.1, 0.15) is 11.6 Å². The molecule has 3 rings (SSSR count). The third kappa shape index (κ3) is 3.65. The van der Waals surface area contributed by atoms with Crippen molar-refractivity contribution in [1.82, 2.24) is 15.0 Å². The van der Waals surface area contributed by atoms with Crippen LogP contribution in [0.4, 0.5) is 14.5 Å². The van der Waals surface area contributed by atoms with Crippen molar-refractivity contribution < 1.29 is 13.6 Å². The minimum Gasteiger partial charge on any atom is -0.331 e. The molecular formula is C15H11ClF2N4OS. The van der Waals surface area contributed by atoms with Crippen molar-refractivity contribution in [2.75, 3.05) is 5.32 Å². The molecule has 0 unspecified atom stereocenters. The van der Waals surface area contributed by atoms with Gasteiger partial charge in [-0.25, -0.2) is 18.7 Å². The highest BCUT2D eigenvalue weighted by Gasteiger charge is 2.18. The lowest BCUT2D eigenvalue weighted by Gasteiger charge is -2.11. The standard InChI is InChI=1S/C15H11ClF2N4OS/c1-7(14(23)20-11-5-9(17)2-3-10(11)18)24-15-21-12-4-8(16)6-19-13(12)22-15/h2-7H,1H3,(H,20,23)(H,19,21,22)/t7-/m0/s1. The molecule has 0 fully saturated rings. The van der Waals surface area contributed by atoms with Gasteiger partial charge in [-0.15, -0.1) is 0 Å². The SMILES string of the molecule is C[C@H](Sc1nc2ncc(Cl)cc2[nH]1)C(=O)Nc1cc(F)ccc1F. The number of rotatable bonds is 4. The molecule has 2 aromatic heterocycles. The highest BCUT2D eigenvalue weighted by atomic mass is 35.5. The summed E-state index contributed by atoms with van der Waals surface area (Å²) in [5, 5.41) is 2.71. The van der Waals surface area contributed by atoms with Crippen molar-refractivity contribution in [3.63, 3.8) is 0 Å². The summed E-state index contributed by atoms with van der Waals surface area (Å²) in [6.07, 6.45) is 1.47. The van der Waals surface area contributed by atoms with Crippen LogP contribution in [0.15, 0.2) is 35.6 Å².